The summed E-state index contributed by atoms with van der Waals surface area (Å²) in [6.45, 7) is 4.01. The molecule has 0 aliphatic heterocycles. The van der Waals surface area contributed by atoms with E-state index in [1.807, 2.05) is 50.2 Å². The maximum absolute atomic E-state index is 12.7. The summed E-state index contributed by atoms with van der Waals surface area (Å²) in [5.74, 6) is 0.0619. The average Bonchev–Trinajstić information content (AvgIpc) is 2.81. The molecule has 0 unspecified atom stereocenters. The van der Waals surface area contributed by atoms with Gasteiger partial charge in [0.05, 0.1) is 0 Å². The fraction of sp³-hybridized carbons (Fsp3) is 0.118. The lowest BCUT2D eigenvalue weighted by atomic mass is 9.97. The molecule has 0 aliphatic rings. The van der Waals surface area contributed by atoms with Crippen LogP contribution in [0.1, 0.15) is 27.0 Å². The Labute approximate surface area is 126 Å². The van der Waals surface area contributed by atoms with E-state index in [1.54, 1.807) is 6.20 Å². The van der Waals surface area contributed by atoms with Crippen molar-refractivity contribution in [3.63, 3.8) is 0 Å². The molecule has 1 heterocycles. The van der Waals surface area contributed by atoms with Crippen molar-refractivity contribution in [1.82, 2.24) is 4.98 Å². The van der Waals surface area contributed by atoms with Crippen molar-refractivity contribution in [2.24, 2.45) is 0 Å². The van der Waals surface area contributed by atoms with Crippen LogP contribution in [0.15, 0.2) is 47.1 Å². The molecule has 0 atom stereocenters. The molecule has 3 rings (SSSR count). The molecule has 100 valence electrons. The number of aromatic nitrogens is 1. The van der Waals surface area contributed by atoms with Gasteiger partial charge < -0.3 is 4.98 Å². The summed E-state index contributed by atoms with van der Waals surface area (Å²) in [4.78, 5) is 15.9. The van der Waals surface area contributed by atoms with Gasteiger partial charge in [0.15, 0.2) is 5.78 Å². The first-order chi connectivity index (χ1) is 9.56. The molecule has 0 fully saturated rings. The van der Waals surface area contributed by atoms with Crippen LogP contribution >= 0.6 is 15.9 Å². The van der Waals surface area contributed by atoms with Crippen molar-refractivity contribution in [2.45, 2.75) is 13.8 Å². The molecule has 20 heavy (non-hydrogen) atoms. The summed E-state index contributed by atoms with van der Waals surface area (Å²) in [5.41, 5.74) is 4.63. The van der Waals surface area contributed by atoms with Gasteiger partial charge in [0.2, 0.25) is 0 Å². The zero-order valence-corrected chi connectivity index (χ0v) is 12.9. The zero-order valence-electron chi connectivity index (χ0n) is 11.3. The van der Waals surface area contributed by atoms with Crippen molar-refractivity contribution < 1.29 is 4.79 Å². The van der Waals surface area contributed by atoms with Crippen LogP contribution in [0, 0.1) is 13.8 Å². The van der Waals surface area contributed by atoms with Gasteiger partial charge in [0, 0.05) is 32.7 Å². The second-order valence-electron chi connectivity index (χ2n) is 5.04. The second kappa shape index (κ2) is 4.91. The van der Waals surface area contributed by atoms with E-state index in [0.717, 1.165) is 26.5 Å². The molecule has 2 aromatic carbocycles. The Morgan fingerprint density at radius 3 is 2.60 bits per heavy atom. The van der Waals surface area contributed by atoms with Crippen LogP contribution < -0.4 is 0 Å². The van der Waals surface area contributed by atoms with Crippen LogP contribution in [0.25, 0.3) is 10.9 Å². The Kier molecular flexibility index (Phi) is 3.22. The second-order valence-corrected chi connectivity index (χ2v) is 5.96. The molecule has 0 bridgehead atoms. The van der Waals surface area contributed by atoms with Crippen LogP contribution in [-0.4, -0.2) is 10.8 Å². The largest absolute Gasteiger partial charge is 0.360 e. The number of halogens is 1. The molecule has 3 heteroatoms. The summed E-state index contributed by atoms with van der Waals surface area (Å²) in [6, 6.07) is 11.8. The number of nitrogens with one attached hydrogen (secondary N) is 1. The summed E-state index contributed by atoms with van der Waals surface area (Å²) >= 11 is 3.46. The number of carbonyl (C=O) groups is 1. The summed E-state index contributed by atoms with van der Waals surface area (Å²) < 4.78 is 0.972. The molecule has 0 saturated carbocycles. The molecule has 3 aromatic rings. The minimum absolute atomic E-state index is 0.0619. The molecule has 2 nitrogen and oxygen atoms in total. The smallest absolute Gasteiger partial charge is 0.195 e. The van der Waals surface area contributed by atoms with E-state index in [9.17, 15) is 4.79 Å². The van der Waals surface area contributed by atoms with Gasteiger partial charge in [-0.15, -0.1) is 0 Å². The third-order valence-electron chi connectivity index (χ3n) is 3.51. The minimum Gasteiger partial charge on any atom is -0.360 e. The highest BCUT2D eigenvalue weighted by Gasteiger charge is 2.16. The van der Waals surface area contributed by atoms with E-state index in [4.69, 9.17) is 0 Å². The van der Waals surface area contributed by atoms with E-state index in [2.05, 4.69) is 20.9 Å². The molecule has 1 aromatic heterocycles. The third-order valence-corrected chi connectivity index (χ3v) is 4.01. The molecule has 0 radical (unpaired) electrons. The third kappa shape index (κ3) is 2.18. The Bertz CT molecular complexity index is 817. The lowest BCUT2D eigenvalue weighted by molar-refractivity contribution is 0.104. The van der Waals surface area contributed by atoms with Crippen LogP contribution in [0.4, 0.5) is 0 Å². The fourth-order valence-electron chi connectivity index (χ4n) is 2.49. The molecule has 0 saturated heterocycles. The Hall–Kier alpha value is -1.87. The predicted octanol–water partition coefficient (Wildman–Crippen LogP) is 4.78. The number of aryl methyl sites for hydroxylation is 2. The Balaban J connectivity index is 2.15. The molecule has 1 N–H and O–H groups in total. The maximum atomic E-state index is 12.7. The number of rotatable bonds is 2. The highest BCUT2D eigenvalue weighted by atomic mass is 79.9. The van der Waals surface area contributed by atoms with Crippen LogP contribution in [0.5, 0.6) is 0 Å². The van der Waals surface area contributed by atoms with Crippen LogP contribution in [-0.2, 0) is 0 Å². The predicted molar refractivity (Wildman–Crippen MR) is 85.3 cm³/mol. The number of hydrogen-bond acceptors (Lipinski definition) is 1. The van der Waals surface area contributed by atoms with E-state index < -0.39 is 0 Å². The van der Waals surface area contributed by atoms with Crippen molar-refractivity contribution in [1.29, 1.82) is 0 Å². The maximum Gasteiger partial charge on any atom is 0.195 e. The van der Waals surface area contributed by atoms with E-state index in [1.165, 1.54) is 5.56 Å². The van der Waals surface area contributed by atoms with Crippen LogP contribution in [0.2, 0.25) is 0 Å². The quantitative estimate of drug-likeness (QED) is 0.675. The first kappa shape index (κ1) is 13.1. The number of carbonyl (C=O) groups excluding carboxylic acids is 1. The monoisotopic (exact) mass is 327 g/mol. The van der Waals surface area contributed by atoms with Crippen LogP contribution in [0.3, 0.4) is 0 Å². The van der Waals surface area contributed by atoms with Gasteiger partial charge in [0.25, 0.3) is 0 Å². The van der Waals surface area contributed by atoms with Gasteiger partial charge in [-0.3, -0.25) is 4.79 Å². The standard InChI is InChI=1S/C17H14BrNO/c1-10-3-5-13(11(2)7-10)17(20)15-9-19-16-6-4-12(18)8-14(15)16/h3-9,19H,1-2H3. The van der Waals surface area contributed by atoms with Crippen molar-refractivity contribution in [3.05, 3.63) is 69.3 Å². The lowest BCUT2D eigenvalue weighted by Crippen LogP contribution is -2.03. The summed E-state index contributed by atoms with van der Waals surface area (Å²) in [5, 5.41) is 0.948. The number of H-pyrrole nitrogens is 1. The number of hydrogen-bond donors (Lipinski definition) is 1. The average molecular weight is 328 g/mol. The van der Waals surface area contributed by atoms with Gasteiger partial charge in [-0.1, -0.05) is 39.7 Å². The van der Waals surface area contributed by atoms with E-state index in [0.29, 0.717) is 5.56 Å². The highest BCUT2D eigenvalue weighted by Crippen LogP contribution is 2.25. The Morgan fingerprint density at radius 1 is 1.05 bits per heavy atom. The van der Waals surface area contributed by atoms with E-state index in [-0.39, 0.29) is 5.78 Å². The van der Waals surface area contributed by atoms with Crippen molar-refractivity contribution in [3.8, 4) is 0 Å². The number of benzene rings is 2. The van der Waals surface area contributed by atoms with E-state index >= 15 is 0 Å². The van der Waals surface area contributed by atoms with Gasteiger partial charge in [-0.25, -0.2) is 0 Å². The number of ketones is 1. The van der Waals surface area contributed by atoms with Gasteiger partial charge in [0.1, 0.15) is 0 Å². The highest BCUT2D eigenvalue weighted by molar-refractivity contribution is 9.10. The lowest BCUT2D eigenvalue weighted by Gasteiger charge is -2.05. The molecular weight excluding hydrogens is 314 g/mol. The summed E-state index contributed by atoms with van der Waals surface area (Å²) in [7, 11) is 0. The van der Waals surface area contributed by atoms with Gasteiger partial charge in [-0.2, -0.15) is 0 Å². The first-order valence-electron chi connectivity index (χ1n) is 6.45. The SMILES string of the molecule is Cc1ccc(C(=O)c2c[nH]c3ccc(Br)cc23)c(C)c1. The zero-order chi connectivity index (χ0) is 14.3. The van der Waals surface area contributed by atoms with Crippen molar-refractivity contribution >= 4 is 32.6 Å². The van der Waals surface area contributed by atoms with Gasteiger partial charge >= 0.3 is 0 Å². The summed E-state index contributed by atoms with van der Waals surface area (Å²) in [6.07, 6.45) is 1.79. The normalized spacial score (nSPS) is 10.9. The number of aromatic amines is 1. The topological polar surface area (TPSA) is 32.9 Å². The van der Waals surface area contributed by atoms with Gasteiger partial charge in [-0.05, 0) is 37.6 Å². The van der Waals surface area contributed by atoms with Crippen molar-refractivity contribution in [2.75, 3.05) is 0 Å². The number of fused-ring (bicyclic) bond motifs is 1. The fourth-order valence-corrected chi connectivity index (χ4v) is 2.86. The first-order valence-corrected chi connectivity index (χ1v) is 7.24. The molecule has 0 spiro atoms. The molecule has 0 amide bonds. The molecular formula is C17H14BrNO. The minimum atomic E-state index is 0.0619. The molecule has 0 aliphatic carbocycles. The Morgan fingerprint density at radius 2 is 1.85 bits per heavy atom.